The first-order valence-corrected chi connectivity index (χ1v) is 4.08. The van der Waals surface area contributed by atoms with Crippen LogP contribution in [0.3, 0.4) is 0 Å². The van der Waals surface area contributed by atoms with E-state index in [0.29, 0.717) is 0 Å². The monoisotopic (exact) mass is 228 g/mol. The van der Waals surface area contributed by atoms with Crippen molar-refractivity contribution in [3.8, 4) is 0 Å². The molecule has 0 heterocycles. The Bertz CT molecular complexity index is 347. The Balaban J connectivity index is 0.00000106. The predicted molar refractivity (Wildman–Crippen MR) is 57.4 cm³/mol. The molecule has 0 radical (unpaired) electrons. The molecule has 1 aliphatic rings. The molecular weight excluding hydrogens is 216 g/mol. The number of rotatable bonds is 2. The Morgan fingerprint density at radius 2 is 1.38 bits per heavy atom. The molecule has 0 bridgehead atoms. The van der Waals surface area contributed by atoms with Gasteiger partial charge in [-0.25, -0.2) is 0 Å². The first-order valence-electron chi connectivity index (χ1n) is 4.08. The highest BCUT2D eigenvalue weighted by Crippen LogP contribution is 2.26. The summed E-state index contributed by atoms with van der Waals surface area (Å²) in [6.45, 7) is 6.00. The minimum absolute atomic E-state index is 0.771. The molecule has 0 aliphatic heterocycles. The second-order valence-electron chi connectivity index (χ2n) is 2.89. The molecule has 0 saturated heterocycles. The summed E-state index contributed by atoms with van der Waals surface area (Å²) in [7, 11) is 0. The molecule has 4 N–H and O–H groups in total. The van der Waals surface area contributed by atoms with Crippen LogP contribution in [-0.4, -0.2) is 21.2 Å². The van der Waals surface area contributed by atoms with Gasteiger partial charge < -0.3 is 0 Å². The summed E-state index contributed by atoms with van der Waals surface area (Å²) in [6, 6.07) is 0. The largest absolute Gasteiger partial charge is 0.511 e. The lowest BCUT2D eigenvalue weighted by atomic mass is 9.91. The Morgan fingerprint density at radius 1 is 1.00 bits per heavy atom. The zero-order valence-corrected chi connectivity index (χ0v) is 8.41. The lowest BCUT2D eigenvalue weighted by Crippen LogP contribution is -2.72. The first kappa shape index (κ1) is 13.9. The number of hydrogen-bond donors (Lipinski definition) is 2. The highest BCUT2D eigenvalue weighted by atomic mass is 16.7. The molecule has 0 unspecified atom stereocenters. The van der Waals surface area contributed by atoms with Gasteiger partial charge in [0.05, 0.1) is 6.08 Å². The highest BCUT2D eigenvalue weighted by Gasteiger charge is 2.67. The maximum Gasteiger partial charge on any atom is 0.511 e. The smallest absolute Gasteiger partial charge is 0.297 e. The average Bonchev–Trinajstić information content (AvgIpc) is 2.19. The first-order chi connectivity index (χ1) is 7.34. The fourth-order valence-corrected chi connectivity index (χ4v) is 1.18. The summed E-state index contributed by atoms with van der Waals surface area (Å²) in [4.78, 5) is 19.1. The van der Waals surface area contributed by atoms with E-state index in [1.807, 2.05) is 0 Å². The second kappa shape index (κ2) is 4.64. The summed E-state index contributed by atoms with van der Waals surface area (Å²) in [6.07, 6.45) is 4.29. The topological polar surface area (TPSA) is 138 Å². The standard InChI is InChI=1S/C6H8N4O4.C2H4/c7-5(8)3-1-2-4-6(5,9(11)12)10(13)14;1-2/h1-4H,7-8H2;1-2H2. The molecule has 16 heavy (non-hydrogen) atoms. The van der Waals surface area contributed by atoms with E-state index in [-0.39, 0.29) is 0 Å². The maximum atomic E-state index is 10.7. The van der Waals surface area contributed by atoms with Crippen LogP contribution in [0.15, 0.2) is 37.5 Å². The highest BCUT2D eigenvalue weighted by molar-refractivity contribution is 5.26. The van der Waals surface area contributed by atoms with E-state index in [0.717, 1.165) is 12.2 Å². The van der Waals surface area contributed by atoms with Crippen molar-refractivity contribution in [3.63, 3.8) is 0 Å². The van der Waals surface area contributed by atoms with Gasteiger partial charge in [0.2, 0.25) is 5.66 Å². The van der Waals surface area contributed by atoms with E-state index in [1.165, 1.54) is 12.2 Å². The van der Waals surface area contributed by atoms with Crippen molar-refractivity contribution in [1.82, 2.24) is 0 Å². The van der Waals surface area contributed by atoms with Crippen molar-refractivity contribution in [1.29, 1.82) is 0 Å². The van der Waals surface area contributed by atoms with Crippen LogP contribution in [0.4, 0.5) is 0 Å². The van der Waals surface area contributed by atoms with Crippen LogP contribution in [0.2, 0.25) is 0 Å². The summed E-state index contributed by atoms with van der Waals surface area (Å²) in [5, 5.41) is 21.3. The molecule has 0 spiro atoms. The van der Waals surface area contributed by atoms with E-state index in [1.54, 1.807) is 0 Å². The number of nitrogens with zero attached hydrogens (tertiary/aromatic N) is 2. The molecule has 0 saturated carbocycles. The van der Waals surface area contributed by atoms with Crippen molar-refractivity contribution in [2.75, 3.05) is 0 Å². The zero-order chi connectivity index (χ0) is 13.0. The summed E-state index contributed by atoms with van der Waals surface area (Å²) in [5.74, 6) is 0. The molecular formula is C8H12N4O4. The summed E-state index contributed by atoms with van der Waals surface area (Å²) >= 11 is 0. The quantitative estimate of drug-likeness (QED) is 0.290. The van der Waals surface area contributed by atoms with Crippen LogP contribution in [0.25, 0.3) is 0 Å². The van der Waals surface area contributed by atoms with Crippen LogP contribution in [0, 0.1) is 20.2 Å². The molecule has 0 fully saturated rings. The van der Waals surface area contributed by atoms with Gasteiger partial charge in [-0.3, -0.25) is 31.7 Å². The van der Waals surface area contributed by atoms with E-state index >= 15 is 0 Å². The third-order valence-corrected chi connectivity index (χ3v) is 2.01. The third kappa shape index (κ3) is 1.83. The van der Waals surface area contributed by atoms with E-state index in [2.05, 4.69) is 13.2 Å². The molecule has 0 aromatic carbocycles. The van der Waals surface area contributed by atoms with Crippen molar-refractivity contribution in [3.05, 3.63) is 57.7 Å². The molecule has 8 nitrogen and oxygen atoms in total. The lowest BCUT2D eigenvalue weighted by Gasteiger charge is -2.27. The second-order valence-corrected chi connectivity index (χ2v) is 2.89. The Hall–Kier alpha value is -2.06. The zero-order valence-electron chi connectivity index (χ0n) is 8.41. The van der Waals surface area contributed by atoms with Gasteiger partial charge in [0, 0.05) is 0 Å². The van der Waals surface area contributed by atoms with Crippen LogP contribution in [-0.2, 0) is 0 Å². The molecule has 0 aromatic rings. The summed E-state index contributed by atoms with van der Waals surface area (Å²) in [5.41, 5.74) is 5.81. The fourth-order valence-electron chi connectivity index (χ4n) is 1.18. The maximum absolute atomic E-state index is 10.7. The summed E-state index contributed by atoms with van der Waals surface area (Å²) < 4.78 is 0. The average molecular weight is 228 g/mol. The van der Waals surface area contributed by atoms with Crippen LogP contribution >= 0.6 is 0 Å². The fraction of sp³-hybridized carbons (Fsp3) is 0.250. The number of nitrogens with two attached hydrogens (primary N) is 2. The Morgan fingerprint density at radius 3 is 1.62 bits per heavy atom. The third-order valence-electron chi connectivity index (χ3n) is 2.01. The van der Waals surface area contributed by atoms with Gasteiger partial charge in [0.15, 0.2) is 0 Å². The lowest BCUT2D eigenvalue weighted by molar-refractivity contribution is -0.789. The Kier molecular flexibility index (Phi) is 4.04. The van der Waals surface area contributed by atoms with Gasteiger partial charge in [0.1, 0.15) is 9.85 Å². The predicted octanol–water partition coefficient (Wildman–Crippen LogP) is -0.222. The van der Waals surface area contributed by atoms with Gasteiger partial charge in [-0.15, -0.1) is 13.2 Å². The minimum atomic E-state index is -2.69. The molecule has 8 heteroatoms. The molecule has 0 amide bonds. The molecule has 88 valence electrons. The van der Waals surface area contributed by atoms with Crippen LogP contribution in [0.5, 0.6) is 0 Å². The van der Waals surface area contributed by atoms with Crippen molar-refractivity contribution < 1.29 is 9.85 Å². The van der Waals surface area contributed by atoms with E-state index in [9.17, 15) is 20.2 Å². The van der Waals surface area contributed by atoms with Gasteiger partial charge in [-0.2, -0.15) is 0 Å². The SMILES string of the molecule is C=C.NC1(N)C=CC=CC1([N+](=O)[O-])[N+](=O)[O-]. The van der Waals surface area contributed by atoms with Gasteiger partial charge in [0.25, 0.3) is 0 Å². The van der Waals surface area contributed by atoms with Gasteiger partial charge in [-0.1, -0.05) is 12.2 Å². The molecule has 1 rings (SSSR count). The Labute approximate surface area is 91.2 Å². The normalized spacial score (nSPS) is 19.4. The molecule has 0 atom stereocenters. The van der Waals surface area contributed by atoms with Gasteiger partial charge in [-0.05, 0) is 6.08 Å². The van der Waals surface area contributed by atoms with Crippen molar-refractivity contribution in [2.45, 2.75) is 11.3 Å². The van der Waals surface area contributed by atoms with E-state index < -0.39 is 21.2 Å². The van der Waals surface area contributed by atoms with Crippen molar-refractivity contribution >= 4 is 0 Å². The number of allylic oxidation sites excluding steroid dienone is 2. The van der Waals surface area contributed by atoms with Crippen molar-refractivity contribution in [2.24, 2.45) is 11.5 Å². The van der Waals surface area contributed by atoms with Crippen LogP contribution in [0.1, 0.15) is 0 Å². The molecule has 0 aromatic heterocycles. The van der Waals surface area contributed by atoms with Gasteiger partial charge >= 0.3 is 5.66 Å². The van der Waals surface area contributed by atoms with E-state index in [4.69, 9.17) is 11.5 Å². The number of hydrogen-bond acceptors (Lipinski definition) is 6. The molecule has 1 aliphatic carbocycles. The van der Waals surface area contributed by atoms with Crippen LogP contribution < -0.4 is 11.5 Å². The number of nitro groups is 2. The minimum Gasteiger partial charge on any atom is -0.297 e.